The quantitative estimate of drug-likeness (QED) is 0.315. The molecular weight excluding hydrogens is 469 g/mol. The van der Waals surface area contributed by atoms with E-state index in [9.17, 15) is 4.79 Å². The van der Waals surface area contributed by atoms with Crippen molar-refractivity contribution >= 4 is 51.4 Å². The molecule has 10 heteroatoms. The summed E-state index contributed by atoms with van der Waals surface area (Å²) in [7, 11) is 5.82. The minimum atomic E-state index is -0.513. The van der Waals surface area contributed by atoms with Gasteiger partial charge in [0.25, 0.3) is 0 Å². The van der Waals surface area contributed by atoms with Crippen molar-refractivity contribution in [2.45, 2.75) is 6.92 Å². The zero-order valence-electron chi connectivity index (χ0n) is 20.0. The Bertz CT molecular complexity index is 1390. The van der Waals surface area contributed by atoms with E-state index in [1.165, 1.54) is 19.2 Å². The zero-order valence-corrected chi connectivity index (χ0v) is 20.7. The Morgan fingerprint density at radius 1 is 1.23 bits per heavy atom. The Kier molecular flexibility index (Phi) is 7.18. The van der Waals surface area contributed by atoms with Gasteiger partial charge in [-0.1, -0.05) is 29.8 Å². The molecule has 0 bridgehead atoms. The molecule has 0 saturated carbocycles. The molecule has 3 N–H and O–H groups in total. The number of rotatable bonds is 8. The van der Waals surface area contributed by atoms with Gasteiger partial charge in [-0.25, -0.2) is 14.4 Å². The average Bonchev–Trinajstić information content (AvgIpc) is 3.13. The van der Waals surface area contributed by atoms with Gasteiger partial charge in [0.1, 0.15) is 0 Å². The summed E-state index contributed by atoms with van der Waals surface area (Å²) in [6, 6.07) is 10.9. The molecular formula is C25H27ClFN7O. The smallest absolute Gasteiger partial charge is 0.227 e. The number of aromatic nitrogens is 3. The van der Waals surface area contributed by atoms with Crippen LogP contribution in [-0.2, 0) is 11.8 Å². The number of likely N-dealkylation sites (N-methyl/N-ethyl adjacent to an activating group) is 1. The topological polar surface area (TPSA) is 87.1 Å². The number of amides is 1. The number of hydrogen-bond donors (Lipinski definition) is 3. The van der Waals surface area contributed by atoms with Crippen molar-refractivity contribution in [2.24, 2.45) is 7.05 Å². The standard InChI is InChI=1S/C25H27ClFN7O/c1-15(35)30-21-12-16(11-20(27)24(21)28-9-10-33(2)3)31-25-29-13-19(26)23(32-25)18-14-34(4)22-8-6-5-7-17(18)22/h5-8,11-14,28H,9-10H2,1-4H3,(H,30,35)(H,29,31,32). The number of nitrogens with zero attached hydrogens (tertiary/aromatic N) is 4. The predicted octanol–water partition coefficient (Wildman–Crippen LogP) is 5.10. The first-order valence-corrected chi connectivity index (χ1v) is 11.4. The molecule has 0 aliphatic carbocycles. The molecule has 4 aromatic rings. The summed E-state index contributed by atoms with van der Waals surface area (Å²) in [5.41, 5.74) is 3.40. The molecule has 0 unspecified atom stereocenters. The van der Waals surface area contributed by atoms with E-state index in [1.807, 2.05) is 61.1 Å². The number of carbonyl (C=O) groups excluding carboxylic acids is 1. The first-order valence-electron chi connectivity index (χ1n) is 11.1. The molecule has 0 saturated heterocycles. The molecule has 0 atom stereocenters. The lowest BCUT2D eigenvalue weighted by Gasteiger charge is -2.17. The maximum absolute atomic E-state index is 15.0. The van der Waals surface area contributed by atoms with Gasteiger partial charge in [0.15, 0.2) is 5.82 Å². The summed E-state index contributed by atoms with van der Waals surface area (Å²) < 4.78 is 17.0. The normalized spacial score (nSPS) is 11.2. The van der Waals surface area contributed by atoms with Crippen LogP contribution in [0.4, 0.5) is 27.4 Å². The van der Waals surface area contributed by atoms with Crippen molar-refractivity contribution in [3.8, 4) is 11.3 Å². The highest BCUT2D eigenvalue weighted by Gasteiger charge is 2.16. The first-order chi connectivity index (χ1) is 16.7. The third kappa shape index (κ3) is 5.52. The number of anilines is 4. The van der Waals surface area contributed by atoms with E-state index < -0.39 is 5.82 Å². The Morgan fingerprint density at radius 2 is 2.00 bits per heavy atom. The number of para-hydroxylation sites is 1. The van der Waals surface area contributed by atoms with Crippen LogP contribution in [0.2, 0.25) is 5.02 Å². The molecule has 2 heterocycles. The van der Waals surface area contributed by atoms with Crippen molar-refractivity contribution in [2.75, 3.05) is 43.1 Å². The monoisotopic (exact) mass is 495 g/mol. The van der Waals surface area contributed by atoms with Crippen molar-refractivity contribution in [1.29, 1.82) is 0 Å². The van der Waals surface area contributed by atoms with Crippen LogP contribution in [0, 0.1) is 5.82 Å². The van der Waals surface area contributed by atoms with E-state index in [0.717, 1.165) is 16.5 Å². The molecule has 8 nitrogen and oxygen atoms in total. The fraction of sp³-hybridized carbons (Fsp3) is 0.240. The summed E-state index contributed by atoms with van der Waals surface area (Å²) >= 11 is 6.46. The van der Waals surface area contributed by atoms with Crippen molar-refractivity contribution in [3.63, 3.8) is 0 Å². The van der Waals surface area contributed by atoms with Crippen molar-refractivity contribution in [3.05, 3.63) is 59.6 Å². The van der Waals surface area contributed by atoms with Gasteiger partial charge in [0.05, 0.1) is 28.3 Å². The third-order valence-electron chi connectivity index (χ3n) is 5.41. The van der Waals surface area contributed by atoms with E-state index >= 15 is 4.39 Å². The number of hydrogen-bond acceptors (Lipinski definition) is 6. The number of aryl methyl sites for hydroxylation is 1. The summed E-state index contributed by atoms with van der Waals surface area (Å²) in [6.45, 7) is 2.59. The molecule has 2 aromatic carbocycles. The first kappa shape index (κ1) is 24.4. The minimum absolute atomic E-state index is 0.223. The van der Waals surface area contributed by atoms with Gasteiger partial charge in [0.2, 0.25) is 11.9 Å². The summed E-state index contributed by atoms with van der Waals surface area (Å²) in [6.07, 6.45) is 3.47. The lowest BCUT2D eigenvalue weighted by molar-refractivity contribution is -0.114. The van der Waals surface area contributed by atoms with Gasteiger partial charge in [-0.15, -0.1) is 0 Å². The molecule has 0 aliphatic rings. The second-order valence-corrected chi connectivity index (χ2v) is 8.89. The average molecular weight is 496 g/mol. The van der Waals surface area contributed by atoms with E-state index in [1.54, 1.807) is 6.07 Å². The summed E-state index contributed by atoms with van der Waals surface area (Å²) in [5, 5.41) is 10.2. The van der Waals surface area contributed by atoms with E-state index in [4.69, 9.17) is 11.6 Å². The van der Waals surface area contributed by atoms with E-state index in [-0.39, 0.29) is 17.5 Å². The highest BCUT2D eigenvalue weighted by Crippen LogP contribution is 2.35. The fourth-order valence-corrected chi connectivity index (χ4v) is 4.02. The Hall–Kier alpha value is -3.69. The maximum atomic E-state index is 15.0. The van der Waals surface area contributed by atoms with Crippen LogP contribution in [0.5, 0.6) is 0 Å². The molecule has 0 spiro atoms. The van der Waals surface area contributed by atoms with Crippen LogP contribution in [0.25, 0.3) is 22.2 Å². The Labute approximate surface area is 208 Å². The lowest BCUT2D eigenvalue weighted by Crippen LogP contribution is -2.22. The van der Waals surface area contributed by atoms with Crippen LogP contribution in [0.3, 0.4) is 0 Å². The molecule has 0 fully saturated rings. The van der Waals surface area contributed by atoms with Gasteiger partial charge < -0.3 is 25.4 Å². The van der Waals surface area contributed by atoms with Gasteiger partial charge in [-0.2, -0.15) is 0 Å². The Balaban J connectivity index is 1.67. The SMILES string of the molecule is CC(=O)Nc1cc(Nc2ncc(Cl)c(-c3cn(C)c4ccccc34)n2)cc(F)c1NCCN(C)C. The lowest BCUT2D eigenvalue weighted by atomic mass is 10.1. The molecule has 4 rings (SSSR count). The van der Waals surface area contributed by atoms with E-state index in [0.29, 0.717) is 35.2 Å². The van der Waals surface area contributed by atoms with E-state index in [2.05, 4.69) is 25.9 Å². The molecule has 2 aromatic heterocycles. The van der Waals surface area contributed by atoms with Crippen LogP contribution in [-0.4, -0.2) is 52.5 Å². The second kappa shape index (κ2) is 10.3. The Morgan fingerprint density at radius 3 is 2.74 bits per heavy atom. The molecule has 0 aliphatic heterocycles. The van der Waals surface area contributed by atoms with Crippen LogP contribution < -0.4 is 16.0 Å². The molecule has 0 radical (unpaired) electrons. The molecule has 1 amide bonds. The largest absolute Gasteiger partial charge is 0.380 e. The molecule has 182 valence electrons. The number of benzene rings is 2. The highest BCUT2D eigenvalue weighted by molar-refractivity contribution is 6.33. The van der Waals surface area contributed by atoms with Gasteiger partial charge in [-0.3, -0.25) is 4.79 Å². The summed E-state index contributed by atoms with van der Waals surface area (Å²) in [4.78, 5) is 22.6. The number of halogens is 2. The van der Waals surface area contributed by atoms with Crippen molar-refractivity contribution < 1.29 is 9.18 Å². The van der Waals surface area contributed by atoms with Crippen molar-refractivity contribution in [1.82, 2.24) is 19.4 Å². The van der Waals surface area contributed by atoms with Crippen LogP contribution in [0.1, 0.15) is 6.92 Å². The second-order valence-electron chi connectivity index (χ2n) is 8.48. The predicted molar refractivity (Wildman–Crippen MR) is 140 cm³/mol. The zero-order chi connectivity index (χ0) is 25.1. The summed E-state index contributed by atoms with van der Waals surface area (Å²) in [5.74, 6) is -0.572. The molecule has 35 heavy (non-hydrogen) atoms. The number of fused-ring (bicyclic) bond motifs is 1. The van der Waals surface area contributed by atoms with Crippen LogP contribution in [0.15, 0.2) is 48.8 Å². The number of carbonyl (C=O) groups is 1. The van der Waals surface area contributed by atoms with Gasteiger partial charge in [-0.05, 0) is 32.3 Å². The van der Waals surface area contributed by atoms with Gasteiger partial charge in [0, 0.05) is 55.4 Å². The van der Waals surface area contributed by atoms with Crippen LogP contribution >= 0.6 is 11.6 Å². The highest BCUT2D eigenvalue weighted by atomic mass is 35.5. The minimum Gasteiger partial charge on any atom is -0.380 e. The van der Waals surface area contributed by atoms with Gasteiger partial charge >= 0.3 is 0 Å². The fourth-order valence-electron chi connectivity index (χ4n) is 3.83. The number of nitrogens with one attached hydrogen (secondary N) is 3. The third-order valence-corrected chi connectivity index (χ3v) is 5.69. The maximum Gasteiger partial charge on any atom is 0.227 e.